The van der Waals surface area contributed by atoms with Gasteiger partial charge in [0.1, 0.15) is 0 Å². The minimum Gasteiger partial charge on any atom is -0.347 e. The Labute approximate surface area is 148 Å². The highest BCUT2D eigenvalue weighted by Crippen LogP contribution is 2.31. The van der Waals surface area contributed by atoms with Gasteiger partial charge in [0.05, 0.1) is 18.8 Å². The molecule has 7 nitrogen and oxygen atoms in total. The number of aromatic nitrogens is 2. The predicted octanol–water partition coefficient (Wildman–Crippen LogP) is 1.69. The predicted molar refractivity (Wildman–Crippen MR) is 92.4 cm³/mol. The molecule has 3 aliphatic rings. The Morgan fingerprint density at radius 3 is 2.28 bits per heavy atom. The third-order valence-corrected chi connectivity index (χ3v) is 5.58. The Balaban J connectivity index is 1.36. The van der Waals surface area contributed by atoms with E-state index in [-0.39, 0.29) is 5.91 Å². The molecule has 0 saturated carbocycles. The second kappa shape index (κ2) is 6.88. The fraction of sp³-hybridized carbons (Fsp3) is 0.722. The lowest BCUT2D eigenvalue weighted by Crippen LogP contribution is -2.47. The molecule has 0 atom stereocenters. The van der Waals surface area contributed by atoms with E-state index in [9.17, 15) is 4.79 Å². The van der Waals surface area contributed by atoms with Crippen LogP contribution in [0.1, 0.15) is 43.0 Å². The SMILES string of the molecule is CC1CCN(c2ncc(C(=O)N3CCC4(CC3)OCCO4)cn2)CC1. The van der Waals surface area contributed by atoms with Gasteiger partial charge in [-0.05, 0) is 18.8 Å². The van der Waals surface area contributed by atoms with Crippen molar-refractivity contribution in [2.24, 2.45) is 5.92 Å². The second-order valence-electron chi connectivity index (χ2n) is 7.34. The minimum atomic E-state index is -0.456. The molecule has 0 bridgehead atoms. The van der Waals surface area contributed by atoms with Gasteiger partial charge in [-0.2, -0.15) is 0 Å². The maximum absolute atomic E-state index is 12.7. The average Bonchev–Trinajstić information content (AvgIpc) is 3.11. The van der Waals surface area contributed by atoms with Gasteiger partial charge in [-0.1, -0.05) is 6.92 Å². The Bertz CT molecular complexity index is 597. The first-order valence-electron chi connectivity index (χ1n) is 9.29. The number of carbonyl (C=O) groups is 1. The molecule has 0 aliphatic carbocycles. The first kappa shape index (κ1) is 16.7. The molecule has 1 aromatic heterocycles. The van der Waals surface area contributed by atoms with Crippen molar-refractivity contribution in [1.82, 2.24) is 14.9 Å². The number of carbonyl (C=O) groups excluding carboxylic acids is 1. The second-order valence-corrected chi connectivity index (χ2v) is 7.34. The molecule has 3 saturated heterocycles. The molecule has 3 aliphatic heterocycles. The van der Waals surface area contributed by atoms with Gasteiger partial charge in [-0.25, -0.2) is 9.97 Å². The summed E-state index contributed by atoms with van der Waals surface area (Å²) in [6.45, 7) is 6.85. The van der Waals surface area contributed by atoms with Crippen LogP contribution in [0.2, 0.25) is 0 Å². The summed E-state index contributed by atoms with van der Waals surface area (Å²) in [4.78, 5) is 25.6. The van der Waals surface area contributed by atoms with Crippen molar-refractivity contribution in [3.63, 3.8) is 0 Å². The van der Waals surface area contributed by atoms with Crippen LogP contribution in [0.3, 0.4) is 0 Å². The average molecular weight is 346 g/mol. The molecule has 4 heterocycles. The smallest absolute Gasteiger partial charge is 0.256 e. The maximum atomic E-state index is 12.7. The van der Waals surface area contributed by atoms with Crippen molar-refractivity contribution in [2.45, 2.75) is 38.4 Å². The van der Waals surface area contributed by atoms with Crippen LogP contribution in [0.15, 0.2) is 12.4 Å². The molecule has 0 unspecified atom stereocenters. The summed E-state index contributed by atoms with van der Waals surface area (Å²) >= 11 is 0. The van der Waals surface area contributed by atoms with Gasteiger partial charge < -0.3 is 19.3 Å². The van der Waals surface area contributed by atoms with Crippen molar-refractivity contribution < 1.29 is 14.3 Å². The van der Waals surface area contributed by atoms with Crippen LogP contribution in [-0.2, 0) is 9.47 Å². The summed E-state index contributed by atoms with van der Waals surface area (Å²) in [6.07, 6.45) is 7.12. The standard InChI is InChI=1S/C18H26N4O3/c1-14-2-6-22(7-3-14)17-19-12-15(13-20-17)16(23)21-8-4-18(5-9-21)24-10-11-25-18/h12-14H,2-11H2,1H3. The molecule has 4 rings (SSSR count). The number of amides is 1. The van der Waals surface area contributed by atoms with Gasteiger partial charge in [0.15, 0.2) is 5.79 Å². The zero-order chi connectivity index (χ0) is 17.3. The van der Waals surface area contributed by atoms with E-state index >= 15 is 0 Å². The molecule has 0 aromatic carbocycles. The topological polar surface area (TPSA) is 67.8 Å². The monoisotopic (exact) mass is 346 g/mol. The summed E-state index contributed by atoms with van der Waals surface area (Å²) in [5.74, 6) is 1.04. The first-order valence-corrected chi connectivity index (χ1v) is 9.29. The number of hydrogen-bond donors (Lipinski definition) is 0. The zero-order valence-electron chi connectivity index (χ0n) is 14.8. The number of likely N-dealkylation sites (tertiary alicyclic amines) is 1. The van der Waals surface area contributed by atoms with E-state index in [2.05, 4.69) is 21.8 Å². The summed E-state index contributed by atoms with van der Waals surface area (Å²) in [5.41, 5.74) is 0.554. The Morgan fingerprint density at radius 2 is 1.68 bits per heavy atom. The molecule has 0 N–H and O–H groups in total. The quantitative estimate of drug-likeness (QED) is 0.812. The van der Waals surface area contributed by atoms with Crippen molar-refractivity contribution in [3.05, 3.63) is 18.0 Å². The molecule has 7 heteroatoms. The molecule has 136 valence electrons. The fourth-order valence-electron chi connectivity index (χ4n) is 3.82. The highest BCUT2D eigenvalue weighted by atomic mass is 16.7. The molecule has 1 spiro atoms. The van der Waals surface area contributed by atoms with Crippen LogP contribution in [-0.4, -0.2) is 66.0 Å². The van der Waals surface area contributed by atoms with E-state index in [4.69, 9.17) is 9.47 Å². The van der Waals surface area contributed by atoms with Gasteiger partial charge in [-0.15, -0.1) is 0 Å². The summed E-state index contributed by atoms with van der Waals surface area (Å²) < 4.78 is 11.4. The lowest BCUT2D eigenvalue weighted by Gasteiger charge is -2.37. The number of ether oxygens (including phenoxy) is 2. The number of anilines is 1. The molecule has 25 heavy (non-hydrogen) atoms. The van der Waals surface area contributed by atoms with E-state index < -0.39 is 5.79 Å². The van der Waals surface area contributed by atoms with Crippen LogP contribution in [0.4, 0.5) is 5.95 Å². The van der Waals surface area contributed by atoms with Crippen LogP contribution in [0.25, 0.3) is 0 Å². The summed E-state index contributed by atoms with van der Waals surface area (Å²) in [7, 11) is 0. The van der Waals surface area contributed by atoms with Crippen molar-refractivity contribution in [3.8, 4) is 0 Å². The Hall–Kier alpha value is -1.73. The van der Waals surface area contributed by atoms with Crippen molar-refractivity contribution >= 4 is 11.9 Å². The van der Waals surface area contributed by atoms with E-state index in [1.807, 2.05) is 4.90 Å². The van der Waals surface area contributed by atoms with Gasteiger partial charge >= 0.3 is 0 Å². The molecule has 1 amide bonds. The lowest BCUT2D eigenvalue weighted by molar-refractivity contribution is -0.181. The van der Waals surface area contributed by atoms with E-state index in [0.717, 1.165) is 37.8 Å². The minimum absolute atomic E-state index is 0.00772. The van der Waals surface area contributed by atoms with Gasteiger partial charge in [0.25, 0.3) is 5.91 Å². The van der Waals surface area contributed by atoms with Crippen LogP contribution < -0.4 is 4.90 Å². The highest BCUT2D eigenvalue weighted by molar-refractivity contribution is 5.93. The maximum Gasteiger partial charge on any atom is 0.256 e. The summed E-state index contributed by atoms with van der Waals surface area (Å²) in [5, 5.41) is 0. The number of piperidine rings is 2. The molecular formula is C18H26N4O3. The van der Waals surface area contributed by atoms with Crippen molar-refractivity contribution in [2.75, 3.05) is 44.3 Å². The zero-order valence-corrected chi connectivity index (χ0v) is 14.8. The van der Waals surface area contributed by atoms with Crippen LogP contribution >= 0.6 is 0 Å². The third kappa shape index (κ3) is 3.48. The van der Waals surface area contributed by atoms with Crippen molar-refractivity contribution in [1.29, 1.82) is 0 Å². The van der Waals surface area contributed by atoms with Crippen LogP contribution in [0, 0.1) is 5.92 Å². The number of rotatable bonds is 2. The van der Waals surface area contributed by atoms with E-state index in [1.54, 1.807) is 12.4 Å². The van der Waals surface area contributed by atoms with Gasteiger partial charge in [0, 0.05) is 51.4 Å². The molecule has 0 radical (unpaired) electrons. The van der Waals surface area contributed by atoms with Crippen LogP contribution in [0.5, 0.6) is 0 Å². The normalized spacial score (nSPS) is 24.0. The number of nitrogens with zero attached hydrogens (tertiary/aromatic N) is 4. The number of hydrogen-bond acceptors (Lipinski definition) is 6. The molecule has 3 fully saturated rings. The lowest BCUT2D eigenvalue weighted by atomic mass is 10.00. The van der Waals surface area contributed by atoms with Gasteiger partial charge in [-0.3, -0.25) is 4.79 Å². The fourth-order valence-corrected chi connectivity index (χ4v) is 3.82. The van der Waals surface area contributed by atoms with E-state index in [1.165, 1.54) is 12.8 Å². The molecule has 1 aromatic rings. The third-order valence-electron chi connectivity index (χ3n) is 5.58. The highest BCUT2D eigenvalue weighted by Gasteiger charge is 2.40. The summed E-state index contributed by atoms with van der Waals surface area (Å²) in [6, 6.07) is 0. The first-order chi connectivity index (χ1) is 12.2. The van der Waals surface area contributed by atoms with E-state index in [0.29, 0.717) is 31.9 Å². The Morgan fingerprint density at radius 1 is 1.08 bits per heavy atom. The van der Waals surface area contributed by atoms with Gasteiger partial charge in [0.2, 0.25) is 5.95 Å². The molecular weight excluding hydrogens is 320 g/mol. The largest absolute Gasteiger partial charge is 0.347 e. The Kier molecular flexibility index (Phi) is 4.60.